The molecule has 4 heteroatoms. The highest BCUT2D eigenvalue weighted by Gasteiger charge is 2.09. The highest BCUT2D eigenvalue weighted by molar-refractivity contribution is 7.73. The first-order valence-electron chi connectivity index (χ1n) is 7.82. The van der Waals surface area contributed by atoms with Gasteiger partial charge in [-0.3, -0.25) is 0 Å². The molecule has 110 valence electrons. The Balaban J connectivity index is 1.91. The molecule has 19 heavy (non-hydrogen) atoms. The molecule has 1 aromatic rings. The van der Waals surface area contributed by atoms with Crippen LogP contribution in [0.2, 0.25) is 0 Å². The van der Waals surface area contributed by atoms with Gasteiger partial charge in [0.05, 0.1) is 0 Å². The van der Waals surface area contributed by atoms with Crippen LogP contribution in [-0.2, 0) is 13.5 Å². The van der Waals surface area contributed by atoms with Gasteiger partial charge in [-0.15, -0.1) is 9.78 Å². The van der Waals surface area contributed by atoms with Crippen LogP contribution in [0.15, 0.2) is 0 Å². The number of rotatable bonds is 11. The molecule has 1 heterocycles. The van der Waals surface area contributed by atoms with Crippen LogP contribution in [0.1, 0.15) is 76.1 Å². The summed E-state index contributed by atoms with van der Waals surface area (Å²) in [6.07, 6.45) is 15.2. The van der Waals surface area contributed by atoms with E-state index in [4.69, 9.17) is 12.2 Å². The molecule has 0 radical (unpaired) electrons. The van der Waals surface area contributed by atoms with Crippen LogP contribution in [-0.4, -0.2) is 5.10 Å². The number of hydrogen-bond acceptors (Lipinski definition) is 2. The molecule has 0 unspecified atom stereocenters. The standard InChI is InChI=1S/C15H28N2S2/c1-3-4-5-6-7-8-9-10-11-12-13-14-17(2)16-15(18)19-14/h3-13H2,1-2H3/p+1. The maximum atomic E-state index is 5.14. The Morgan fingerprint density at radius 2 is 1.47 bits per heavy atom. The topological polar surface area (TPSA) is 19.7 Å². The van der Waals surface area contributed by atoms with Gasteiger partial charge in [0.2, 0.25) is 3.95 Å². The molecule has 0 aliphatic heterocycles. The first-order valence-corrected chi connectivity index (χ1v) is 9.04. The lowest BCUT2D eigenvalue weighted by Crippen LogP contribution is -2.33. The predicted molar refractivity (Wildman–Crippen MR) is 86.2 cm³/mol. The number of unbranched alkanes of at least 4 members (excludes halogenated alkanes) is 9. The summed E-state index contributed by atoms with van der Waals surface area (Å²) in [7, 11) is 2.05. The molecule has 0 atom stereocenters. The summed E-state index contributed by atoms with van der Waals surface area (Å²) < 4.78 is 2.96. The molecule has 0 saturated carbocycles. The van der Waals surface area contributed by atoms with E-state index in [1.807, 2.05) is 0 Å². The lowest BCUT2D eigenvalue weighted by atomic mass is 10.1. The number of nitrogens with one attached hydrogen (secondary N) is 1. The van der Waals surface area contributed by atoms with Gasteiger partial charge in [0.25, 0.3) is 5.01 Å². The Morgan fingerprint density at radius 1 is 0.947 bits per heavy atom. The fourth-order valence-electron chi connectivity index (χ4n) is 2.38. The second-order valence-electron chi connectivity index (χ2n) is 5.39. The second kappa shape index (κ2) is 10.6. The van der Waals surface area contributed by atoms with Gasteiger partial charge in [-0.05, 0) is 30.0 Å². The zero-order valence-electron chi connectivity index (χ0n) is 12.5. The van der Waals surface area contributed by atoms with Crippen molar-refractivity contribution in [1.29, 1.82) is 0 Å². The molecule has 2 nitrogen and oxygen atoms in total. The van der Waals surface area contributed by atoms with Crippen molar-refractivity contribution in [3.63, 3.8) is 0 Å². The summed E-state index contributed by atoms with van der Waals surface area (Å²) >= 11 is 6.86. The molecule has 1 aromatic heterocycles. The first kappa shape index (κ1) is 16.8. The summed E-state index contributed by atoms with van der Waals surface area (Å²) in [4.78, 5) is 0. The minimum atomic E-state index is 0.893. The Bertz CT molecular complexity index is 382. The highest BCUT2D eigenvalue weighted by Crippen LogP contribution is 2.12. The molecular formula is C15H29N2S2+. The Hall–Kier alpha value is -0.220. The molecular weight excluding hydrogens is 272 g/mol. The monoisotopic (exact) mass is 301 g/mol. The summed E-state index contributed by atoms with van der Waals surface area (Å²) in [5.74, 6) is 0. The van der Waals surface area contributed by atoms with E-state index >= 15 is 0 Å². The zero-order valence-corrected chi connectivity index (χ0v) is 14.2. The van der Waals surface area contributed by atoms with E-state index in [2.05, 4.69) is 23.8 Å². The van der Waals surface area contributed by atoms with E-state index in [1.54, 1.807) is 11.3 Å². The predicted octanol–water partition coefficient (Wildman–Crippen LogP) is 5.09. The molecule has 0 saturated heterocycles. The van der Waals surface area contributed by atoms with E-state index in [-0.39, 0.29) is 0 Å². The summed E-state index contributed by atoms with van der Waals surface area (Å²) in [6.45, 7) is 2.28. The van der Waals surface area contributed by atoms with Crippen molar-refractivity contribution in [1.82, 2.24) is 5.10 Å². The molecule has 0 aliphatic rings. The maximum absolute atomic E-state index is 5.14. The molecule has 0 fully saturated rings. The molecule has 1 N–H and O–H groups in total. The smallest absolute Gasteiger partial charge is 0.144 e. The van der Waals surface area contributed by atoms with Gasteiger partial charge in [-0.25, -0.2) is 0 Å². The van der Waals surface area contributed by atoms with Crippen molar-refractivity contribution in [3.05, 3.63) is 8.96 Å². The van der Waals surface area contributed by atoms with Crippen molar-refractivity contribution in [3.8, 4) is 0 Å². The minimum Gasteiger partial charge on any atom is -0.144 e. The quantitative estimate of drug-likeness (QED) is 0.343. The van der Waals surface area contributed by atoms with Crippen LogP contribution in [0.5, 0.6) is 0 Å². The van der Waals surface area contributed by atoms with Crippen LogP contribution >= 0.6 is 23.6 Å². The largest absolute Gasteiger partial charge is 0.263 e. The normalized spacial score (nSPS) is 11.1. The van der Waals surface area contributed by atoms with Gasteiger partial charge in [-0.2, -0.15) is 0 Å². The number of hydrogen-bond donors (Lipinski definition) is 1. The van der Waals surface area contributed by atoms with Crippen molar-refractivity contribution >= 4 is 23.6 Å². The zero-order chi connectivity index (χ0) is 13.9. The van der Waals surface area contributed by atoms with Crippen molar-refractivity contribution in [2.75, 3.05) is 0 Å². The lowest BCUT2D eigenvalue weighted by molar-refractivity contribution is -0.732. The molecule has 0 spiro atoms. The summed E-state index contributed by atoms with van der Waals surface area (Å²) in [5, 5.41) is 4.52. The Labute approximate surface area is 127 Å². The third kappa shape index (κ3) is 7.83. The third-order valence-corrected chi connectivity index (χ3v) is 4.92. The summed E-state index contributed by atoms with van der Waals surface area (Å²) in [5.41, 5.74) is 0. The van der Waals surface area contributed by atoms with Gasteiger partial charge < -0.3 is 0 Å². The molecule has 1 rings (SSSR count). The Kier molecular flexibility index (Phi) is 9.35. The van der Waals surface area contributed by atoms with Crippen molar-refractivity contribution < 1.29 is 4.68 Å². The van der Waals surface area contributed by atoms with E-state index in [0.29, 0.717) is 0 Å². The van der Waals surface area contributed by atoms with Crippen molar-refractivity contribution in [2.45, 2.75) is 77.6 Å². The fourth-order valence-corrected chi connectivity index (χ4v) is 3.63. The second-order valence-corrected chi connectivity index (χ2v) is 7.14. The van der Waals surface area contributed by atoms with Gasteiger partial charge in [0, 0.05) is 6.42 Å². The molecule has 0 amide bonds. The van der Waals surface area contributed by atoms with Crippen LogP contribution < -0.4 is 4.68 Å². The summed E-state index contributed by atoms with van der Waals surface area (Å²) in [6, 6.07) is 0. The third-order valence-electron chi connectivity index (χ3n) is 3.59. The van der Waals surface area contributed by atoms with E-state index in [0.717, 1.165) is 3.95 Å². The molecule has 0 aromatic carbocycles. The van der Waals surface area contributed by atoms with Gasteiger partial charge >= 0.3 is 0 Å². The van der Waals surface area contributed by atoms with Crippen LogP contribution in [0.25, 0.3) is 0 Å². The number of nitrogens with zero attached hydrogens (tertiary/aromatic N) is 1. The van der Waals surface area contributed by atoms with Crippen LogP contribution in [0.3, 0.4) is 0 Å². The number of aromatic amines is 1. The van der Waals surface area contributed by atoms with Gasteiger partial charge in [0.15, 0.2) is 7.05 Å². The van der Waals surface area contributed by atoms with E-state index < -0.39 is 0 Å². The average Bonchev–Trinajstić information content (AvgIpc) is 2.70. The van der Waals surface area contributed by atoms with Crippen LogP contribution in [0, 0.1) is 3.95 Å². The fraction of sp³-hybridized carbons (Fsp3) is 0.867. The van der Waals surface area contributed by atoms with Crippen molar-refractivity contribution in [2.24, 2.45) is 7.05 Å². The van der Waals surface area contributed by atoms with E-state index in [9.17, 15) is 0 Å². The minimum absolute atomic E-state index is 0.893. The molecule has 0 aliphatic carbocycles. The number of aryl methyl sites for hydroxylation is 2. The highest BCUT2D eigenvalue weighted by atomic mass is 32.1. The lowest BCUT2D eigenvalue weighted by Gasteiger charge is -2.01. The Morgan fingerprint density at radius 3 is 1.95 bits per heavy atom. The number of H-pyrrole nitrogens is 1. The van der Waals surface area contributed by atoms with Gasteiger partial charge in [-0.1, -0.05) is 64.7 Å². The first-order chi connectivity index (χ1) is 9.24. The average molecular weight is 302 g/mol. The van der Waals surface area contributed by atoms with E-state index in [1.165, 1.54) is 75.6 Å². The van der Waals surface area contributed by atoms with Crippen LogP contribution in [0.4, 0.5) is 0 Å². The maximum Gasteiger partial charge on any atom is 0.263 e. The number of aromatic nitrogens is 2. The van der Waals surface area contributed by atoms with Gasteiger partial charge in [0.1, 0.15) is 0 Å². The SMILES string of the molecule is CCCCCCCCCCCCc1sc(=S)[nH][n+]1C. The molecule has 0 bridgehead atoms.